The van der Waals surface area contributed by atoms with Gasteiger partial charge in [0.2, 0.25) is 0 Å². The molecule has 9 heteroatoms. The van der Waals surface area contributed by atoms with E-state index in [-0.39, 0.29) is 6.10 Å². The van der Waals surface area contributed by atoms with Crippen LogP contribution in [0.1, 0.15) is 28.5 Å². The molecule has 0 radical (unpaired) electrons. The molecular weight excluding hydrogens is 648 g/mol. The monoisotopic (exact) mass is 692 g/mol. The van der Waals surface area contributed by atoms with Crippen molar-refractivity contribution >= 4 is 0 Å². The fourth-order valence-electron chi connectivity index (χ4n) is 6.53. The molecule has 9 atom stereocenters. The number of rotatable bonds is 14. The highest BCUT2D eigenvalue weighted by Gasteiger charge is 2.51. The fourth-order valence-corrected chi connectivity index (χ4v) is 6.53. The lowest BCUT2D eigenvalue weighted by molar-refractivity contribution is -0.318. The predicted octanol–water partition coefficient (Wildman–Crippen LogP) is 7.04. The van der Waals surface area contributed by atoms with Crippen LogP contribution in [0.25, 0.3) is 0 Å². The Balaban J connectivity index is 1.16. The van der Waals surface area contributed by atoms with Crippen LogP contribution >= 0.6 is 0 Å². The quantitative estimate of drug-likeness (QED) is 0.129. The Hall–Kier alpha value is -4.32. The van der Waals surface area contributed by atoms with E-state index in [4.69, 9.17) is 42.6 Å². The summed E-state index contributed by atoms with van der Waals surface area (Å²) in [6.45, 7) is 5.67. The second-order valence-corrected chi connectivity index (χ2v) is 12.7. The Morgan fingerprint density at radius 3 is 1.76 bits per heavy atom. The smallest absolute Gasteiger partial charge is 0.187 e. The maximum atomic E-state index is 6.74. The van der Waals surface area contributed by atoms with Gasteiger partial charge in [-0.25, -0.2) is 0 Å². The van der Waals surface area contributed by atoms with Gasteiger partial charge in [0.25, 0.3) is 0 Å². The van der Waals surface area contributed by atoms with Gasteiger partial charge in [0.15, 0.2) is 18.7 Å². The second kappa shape index (κ2) is 17.3. The Morgan fingerprint density at radius 1 is 0.667 bits per heavy atom. The molecule has 0 saturated carbocycles. The van der Waals surface area contributed by atoms with E-state index in [0.717, 1.165) is 22.3 Å². The van der Waals surface area contributed by atoms with Crippen molar-refractivity contribution in [3.8, 4) is 0 Å². The van der Waals surface area contributed by atoms with Crippen LogP contribution < -0.4 is 0 Å². The van der Waals surface area contributed by atoms with Gasteiger partial charge in [-0.2, -0.15) is 0 Å². The third-order valence-electron chi connectivity index (χ3n) is 9.16. The minimum Gasteiger partial charge on any atom is -0.493 e. The van der Waals surface area contributed by atoms with Crippen LogP contribution in [0.2, 0.25) is 0 Å². The number of hydrogen-bond donors (Lipinski definition) is 0. The molecular formula is C42H44O9. The zero-order valence-corrected chi connectivity index (χ0v) is 28.6. The van der Waals surface area contributed by atoms with E-state index >= 15 is 0 Å². The van der Waals surface area contributed by atoms with Crippen LogP contribution in [0.4, 0.5) is 0 Å². The molecule has 7 rings (SSSR count). The number of hydrogen-bond acceptors (Lipinski definition) is 9. The molecule has 0 N–H and O–H groups in total. The van der Waals surface area contributed by atoms with Gasteiger partial charge in [-0.15, -0.1) is 0 Å². The Morgan fingerprint density at radius 2 is 1.20 bits per heavy atom. The highest BCUT2D eigenvalue weighted by molar-refractivity contribution is 5.19. The molecule has 3 aliphatic heterocycles. The Bertz CT molecular complexity index is 1670. The summed E-state index contributed by atoms with van der Waals surface area (Å²) in [5, 5.41) is 0. The standard InChI is InChI=1S/C42H44O9/c1-29(49-34-23-24-44-35-28-48-41(51-37(34)35)33-21-13-6-14-22-33)36-38(45-25-30-15-7-3-8-16-30)39(46-26-31-17-9-4-10-18-31)40(42(43-2)50-36)47-27-32-19-11-5-12-20-32/h3-24,34-42H,1,25-28H2,2H3/t34-,35+,36+,37-,38+,39-,40+,41+,42-/m0/s1. The summed E-state index contributed by atoms with van der Waals surface area (Å²) in [6, 6.07) is 39.8. The lowest BCUT2D eigenvalue weighted by Crippen LogP contribution is -2.61. The molecule has 0 aliphatic carbocycles. The van der Waals surface area contributed by atoms with E-state index in [0.29, 0.717) is 32.2 Å². The van der Waals surface area contributed by atoms with E-state index in [9.17, 15) is 0 Å². The van der Waals surface area contributed by atoms with Gasteiger partial charge < -0.3 is 42.6 Å². The summed E-state index contributed by atoms with van der Waals surface area (Å²) in [5.41, 5.74) is 3.93. The van der Waals surface area contributed by atoms with Crippen molar-refractivity contribution in [3.05, 3.63) is 168 Å². The summed E-state index contributed by atoms with van der Waals surface area (Å²) < 4.78 is 57.6. The molecule has 2 saturated heterocycles. The number of methoxy groups -OCH3 is 1. The minimum absolute atomic E-state index is 0.300. The zero-order valence-electron chi connectivity index (χ0n) is 28.6. The van der Waals surface area contributed by atoms with Crippen molar-refractivity contribution in [2.45, 2.75) is 75.1 Å². The van der Waals surface area contributed by atoms with Crippen molar-refractivity contribution in [1.29, 1.82) is 0 Å². The number of benzene rings is 4. The summed E-state index contributed by atoms with van der Waals surface area (Å²) in [6.07, 6.45) is -2.09. The van der Waals surface area contributed by atoms with E-state index in [1.165, 1.54) is 0 Å². The van der Waals surface area contributed by atoms with Crippen molar-refractivity contribution in [3.63, 3.8) is 0 Å². The first kappa shape index (κ1) is 35.1. The molecule has 0 spiro atoms. The summed E-state index contributed by atoms with van der Waals surface area (Å²) in [4.78, 5) is 0. The predicted molar refractivity (Wildman–Crippen MR) is 189 cm³/mol. The van der Waals surface area contributed by atoms with Gasteiger partial charge in [-0.05, 0) is 22.8 Å². The van der Waals surface area contributed by atoms with E-state index in [1.54, 1.807) is 13.4 Å². The topological polar surface area (TPSA) is 83.1 Å². The molecule has 2 fully saturated rings. The lowest BCUT2D eigenvalue weighted by Gasteiger charge is -2.46. The molecule has 0 amide bonds. The van der Waals surface area contributed by atoms with Gasteiger partial charge in [0.1, 0.15) is 42.4 Å². The highest BCUT2D eigenvalue weighted by Crippen LogP contribution is 2.37. The summed E-state index contributed by atoms with van der Waals surface area (Å²) in [5.74, 6) is 0.339. The lowest BCUT2D eigenvalue weighted by atomic mass is 9.96. The molecule has 3 aliphatic rings. The van der Waals surface area contributed by atoms with Crippen LogP contribution in [-0.4, -0.2) is 62.7 Å². The van der Waals surface area contributed by atoms with Gasteiger partial charge in [-0.3, -0.25) is 0 Å². The average Bonchev–Trinajstić information content (AvgIpc) is 3.19. The second-order valence-electron chi connectivity index (χ2n) is 12.7. The Kier molecular flexibility index (Phi) is 11.9. The van der Waals surface area contributed by atoms with Gasteiger partial charge in [0, 0.05) is 12.7 Å². The third-order valence-corrected chi connectivity index (χ3v) is 9.16. The first-order valence-corrected chi connectivity index (χ1v) is 17.3. The van der Waals surface area contributed by atoms with Crippen LogP contribution in [0.15, 0.2) is 146 Å². The molecule has 4 aromatic rings. The van der Waals surface area contributed by atoms with Crippen molar-refractivity contribution in [2.75, 3.05) is 13.7 Å². The summed E-state index contributed by atoms with van der Waals surface area (Å²) in [7, 11) is 1.59. The van der Waals surface area contributed by atoms with Gasteiger partial charge in [-0.1, -0.05) is 128 Å². The maximum Gasteiger partial charge on any atom is 0.187 e. The summed E-state index contributed by atoms with van der Waals surface area (Å²) >= 11 is 0. The zero-order chi connectivity index (χ0) is 34.8. The van der Waals surface area contributed by atoms with Gasteiger partial charge >= 0.3 is 0 Å². The molecule has 9 nitrogen and oxygen atoms in total. The molecule has 0 unspecified atom stereocenters. The van der Waals surface area contributed by atoms with E-state index < -0.39 is 49.2 Å². The van der Waals surface area contributed by atoms with E-state index in [1.807, 2.05) is 127 Å². The van der Waals surface area contributed by atoms with Crippen LogP contribution in [0, 0.1) is 0 Å². The normalized spacial score (nSPS) is 28.7. The molecule has 4 aromatic carbocycles. The molecule has 0 bridgehead atoms. The van der Waals surface area contributed by atoms with Crippen LogP contribution in [0.5, 0.6) is 0 Å². The largest absolute Gasteiger partial charge is 0.493 e. The molecule has 0 aromatic heterocycles. The SMILES string of the molecule is C=C(O[C@H]1C=CO[C@@H]2CO[C@@H](c3ccccc3)O[C@@H]12)[C@H]1O[C@H](OC)[C@H](OCc2ccccc2)[C@@H](OCc2ccccc2)[C@@H]1OCc1ccccc1. The van der Waals surface area contributed by atoms with E-state index in [2.05, 4.69) is 6.58 Å². The number of ether oxygens (including phenoxy) is 9. The van der Waals surface area contributed by atoms with Crippen LogP contribution in [0.3, 0.4) is 0 Å². The third kappa shape index (κ3) is 8.77. The fraction of sp³-hybridized carbons (Fsp3) is 0.333. The minimum atomic E-state index is -0.823. The van der Waals surface area contributed by atoms with Crippen molar-refractivity contribution < 1.29 is 42.6 Å². The van der Waals surface area contributed by atoms with Crippen molar-refractivity contribution in [2.24, 2.45) is 0 Å². The van der Waals surface area contributed by atoms with Crippen molar-refractivity contribution in [1.82, 2.24) is 0 Å². The molecule has 3 heterocycles. The first-order valence-electron chi connectivity index (χ1n) is 17.3. The van der Waals surface area contributed by atoms with Gasteiger partial charge in [0.05, 0.1) is 32.7 Å². The first-order chi connectivity index (χ1) is 25.2. The maximum absolute atomic E-state index is 6.74. The molecule has 51 heavy (non-hydrogen) atoms. The Labute approximate surface area is 299 Å². The molecule has 266 valence electrons. The van der Waals surface area contributed by atoms with Crippen LogP contribution in [-0.2, 0) is 62.5 Å². The highest BCUT2D eigenvalue weighted by atomic mass is 16.7. The average molecular weight is 693 g/mol. The number of fused-ring (bicyclic) bond motifs is 1.